The lowest BCUT2D eigenvalue weighted by Crippen LogP contribution is -2.01. The van der Waals surface area contributed by atoms with Crippen LogP contribution in [0.5, 0.6) is 0 Å². The molecule has 0 unspecified atom stereocenters. The molecule has 0 aromatic rings. The van der Waals surface area contributed by atoms with Gasteiger partial charge in [0.2, 0.25) is 5.76 Å². The predicted octanol–water partition coefficient (Wildman–Crippen LogP) is 1.58. The van der Waals surface area contributed by atoms with Crippen LogP contribution in [0, 0.1) is 0 Å². The second-order valence-corrected chi connectivity index (χ2v) is 1.84. The van der Waals surface area contributed by atoms with Gasteiger partial charge in [-0.25, -0.2) is 10.1 Å². The Kier molecular flexibility index (Phi) is 5.38. The summed E-state index contributed by atoms with van der Waals surface area (Å²) in [7, 11) is 0. The van der Waals surface area contributed by atoms with Crippen LogP contribution in [0.15, 0.2) is 36.1 Å². The van der Waals surface area contributed by atoms with Crippen molar-refractivity contribution >= 4 is 5.97 Å². The molecule has 0 amide bonds. The number of hydrogen-bond donors (Lipinski definition) is 2. The summed E-state index contributed by atoms with van der Waals surface area (Å²) in [5.41, 5.74) is 0. The highest BCUT2D eigenvalue weighted by Crippen LogP contribution is 1.95. The van der Waals surface area contributed by atoms with Crippen molar-refractivity contribution in [2.75, 3.05) is 0 Å². The van der Waals surface area contributed by atoms with E-state index in [9.17, 15) is 4.79 Å². The van der Waals surface area contributed by atoms with E-state index in [0.29, 0.717) is 0 Å². The van der Waals surface area contributed by atoms with E-state index in [4.69, 9.17) is 10.4 Å². The van der Waals surface area contributed by atoms with Crippen LogP contribution in [0.1, 0.15) is 6.92 Å². The maximum absolute atomic E-state index is 10.2. The Morgan fingerprint density at radius 2 is 2.00 bits per heavy atom. The van der Waals surface area contributed by atoms with E-state index in [-0.39, 0.29) is 0 Å². The van der Waals surface area contributed by atoms with E-state index in [2.05, 4.69) is 4.89 Å². The summed E-state index contributed by atoms with van der Waals surface area (Å²) < 4.78 is 0. The van der Waals surface area contributed by atoms with Crippen LogP contribution < -0.4 is 0 Å². The van der Waals surface area contributed by atoms with Crippen molar-refractivity contribution in [2.24, 2.45) is 0 Å². The van der Waals surface area contributed by atoms with Gasteiger partial charge < -0.3 is 9.99 Å². The lowest BCUT2D eigenvalue weighted by Gasteiger charge is -1.92. The standard InChI is InChI=1S/C8H10O4/c1-2-3-4-5-6-7(12-11)8(9)10/h2-6,11H,1H3,(H,9,10). The number of hydrogen-bond acceptors (Lipinski definition) is 3. The maximum Gasteiger partial charge on any atom is 0.375 e. The molecule has 0 fully saturated rings. The van der Waals surface area contributed by atoms with Crippen molar-refractivity contribution in [1.82, 2.24) is 0 Å². The summed E-state index contributed by atoms with van der Waals surface area (Å²) in [5.74, 6) is -1.83. The first-order chi connectivity index (χ1) is 5.72. The Morgan fingerprint density at radius 3 is 2.42 bits per heavy atom. The average Bonchev–Trinajstić information content (AvgIpc) is 2.04. The van der Waals surface area contributed by atoms with Gasteiger partial charge in [-0.15, -0.1) is 0 Å². The molecule has 0 saturated carbocycles. The molecule has 0 saturated heterocycles. The highest BCUT2D eigenvalue weighted by molar-refractivity contribution is 5.84. The molecular weight excluding hydrogens is 160 g/mol. The van der Waals surface area contributed by atoms with Gasteiger partial charge in [0.15, 0.2) is 0 Å². The molecule has 0 atom stereocenters. The molecule has 12 heavy (non-hydrogen) atoms. The van der Waals surface area contributed by atoms with Crippen LogP contribution in [0.4, 0.5) is 0 Å². The van der Waals surface area contributed by atoms with Gasteiger partial charge >= 0.3 is 5.97 Å². The van der Waals surface area contributed by atoms with Crippen molar-refractivity contribution in [2.45, 2.75) is 6.92 Å². The molecule has 0 aliphatic heterocycles. The Labute approximate surface area is 70.0 Å². The van der Waals surface area contributed by atoms with Crippen molar-refractivity contribution in [3.63, 3.8) is 0 Å². The first kappa shape index (κ1) is 10.4. The quantitative estimate of drug-likeness (QED) is 0.221. The molecule has 0 aliphatic rings. The van der Waals surface area contributed by atoms with Gasteiger partial charge in [-0.3, -0.25) is 0 Å². The molecule has 0 rings (SSSR count). The van der Waals surface area contributed by atoms with Gasteiger partial charge in [-0.05, 0) is 13.0 Å². The van der Waals surface area contributed by atoms with Gasteiger partial charge in [0.25, 0.3) is 0 Å². The van der Waals surface area contributed by atoms with Gasteiger partial charge in [-0.2, -0.15) is 0 Å². The van der Waals surface area contributed by atoms with Crippen LogP contribution in [0.25, 0.3) is 0 Å². The summed E-state index contributed by atoms with van der Waals surface area (Å²) in [4.78, 5) is 13.8. The van der Waals surface area contributed by atoms with E-state index in [0.717, 1.165) is 6.08 Å². The third-order valence-corrected chi connectivity index (χ3v) is 0.971. The van der Waals surface area contributed by atoms with Crippen LogP contribution in [0.3, 0.4) is 0 Å². The molecule has 4 heteroatoms. The molecule has 4 nitrogen and oxygen atoms in total. The third-order valence-electron chi connectivity index (χ3n) is 0.971. The summed E-state index contributed by atoms with van der Waals surface area (Å²) >= 11 is 0. The normalized spacial score (nSPS) is 12.7. The Bertz CT molecular complexity index is 225. The molecule has 0 bridgehead atoms. The van der Waals surface area contributed by atoms with Crippen molar-refractivity contribution < 1.29 is 20.0 Å². The highest BCUT2D eigenvalue weighted by Gasteiger charge is 2.05. The van der Waals surface area contributed by atoms with E-state index in [1.54, 1.807) is 18.2 Å². The van der Waals surface area contributed by atoms with E-state index in [1.807, 2.05) is 6.92 Å². The number of carboxylic acids is 1. The maximum atomic E-state index is 10.2. The zero-order valence-electron chi connectivity index (χ0n) is 6.60. The number of aliphatic carboxylic acids is 1. The highest BCUT2D eigenvalue weighted by atomic mass is 17.1. The molecule has 0 heterocycles. The van der Waals surface area contributed by atoms with Gasteiger partial charge in [0.1, 0.15) is 0 Å². The summed E-state index contributed by atoms with van der Waals surface area (Å²) in [6, 6.07) is 0. The summed E-state index contributed by atoms with van der Waals surface area (Å²) in [5, 5.41) is 16.4. The Morgan fingerprint density at radius 1 is 1.33 bits per heavy atom. The topological polar surface area (TPSA) is 66.8 Å². The number of carboxylic acid groups (broad SMARTS) is 1. The molecule has 66 valence electrons. The predicted molar refractivity (Wildman–Crippen MR) is 43.4 cm³/mol. The first-order valence-electron chi connectivity index (χ1n) is 3.26. The SMILES string of the molecule is CC=CC=CC=C(OO)C(=O)O. The second kappa shape index (κ2) is 6.18. The fraction of sp³-hybridized carbons (Fsp3) is 0.125. The molecule has 0 aromatic heterocycles. The minimum Gasteiger partial charge on any atom is -0.475 e. The van der Waals surface area contributed by atoms with Gasteiger partial charge in [0, 0.05) is 0 Å². The van der Waals surface area contributed by atoms with Crippen LogP contribution in [-0.4, -0.2) is 16.3 Å². The van der Waals surface area contributed by atoms with E-state index < -0.39 is 11.7 Å². The molecular formula is C8H10O4. The minimum atomic E-state index is -1.32. The molecule has 0 spiro atoms. The van der Waals surface area contributed by atoms with Crippen LogP contribution in [-0.2, 0) is 9.68 Å². The Balaban J connectivity index is 4.21. The minimum absolute atomic E-state index is 0.518. The van der Waals surface area contributed by atoms with Crippen LogP contribution in [0.2, 0.25) is 0 Å². The lowest BCUT2D eigenvalue weighted by atomic mass is 10.4. The third kappa shape index (κ3) is 4.29. The van der Waals surface area contributed by atoms with Gasteiger partial charge in [-0.1, -0.05) is 24.3 Å². The monoisotopic (exact) mass is 170 g/mol. The van der Waals surface area contributed by atoms with Crippen molar-refractivity contribution in [1.29, 1.82) is 0 Å². The molecule has 0 aliphatic carbocycles. The van der Waals surface area contributed by atoms with E-state index >= 15 is 0 Å². The summed E-state index contributed by atoms with van der Waals surface area (Å²) in [6.07, 6.45) is 7.70. The molecule has 0 aromatic carbocycles. The zero-order valence-corrected chi connectivity index (χ0v) is 6.60. The van der Waals surface area contributed by atoms with E-state index in [1.165, 1.54) is 6.08 Å². The molecule has 0 radical (unpaired) electrons. The van der Waals surface area contributed by atoms with Gasteiger partial charge in [0.05, 0.1) is 0 Å². The smallest absolute Gasteiger partial charge is 0.375 e. The Hall–Kier alpha value is -1.55. The fourth-order valence-corrected chi connectivity index (χ4v) is 0.459. The zero-order chi connectivity index (χ0) is 9.40. The number of allylic oxidation sites excluding steroid dienone is 5. The summed E-state index contributed by atoms with van der Waals surface area (Å²) in [6.45, 7) is 1.83. The molecule has 2 N–H and O–H groups in total. The van der Waals surface area contributed by atoms with Crippen molar-refractivity contribution in [3.8, 4) is 0 Å². The number of carbonyl (C=O) groups is 1. The first-order valence-corrected chi connectivity index (χ1v) is 3.26. The number of rotatable bonds is 4. The lowest BCUT2D eigenvalue weighted by molar-refractivity contribution is -0.210. The largest absolute Gasteiger partial charge is 0.475 e. The van der Waals surface area contributed by atoms with Crippen molar-refractivity contribution in [3.05, 3.63) is 36.1 Å². The fourth-order valence-electron chi connectivity index (χ4n) is 0.459. The van der Waals surface area contributed by atoms with Crippen LogP contribution >= 0.6 is 0 Å². The average molecular weight is 170 g/mol. The second-order valence-electron chi connectivity index (χ2n) is 1.84.